The van der Waals surface area contributed by atoms with Crippen LogP contribution in [0.2, 0.25) is 0 Å². The fourth-order valence-electron chi connectivity index (χ4n) is 1.90. The fourth-order valence-corrected chi connectivity index (χ4v) is 1.90. The van der Waals surface area contributed by atoms with Crippen LogP contribution in [-0.4, -0.2) is 34.4 Å². The lowest BCUT2D eigenvalue weighted by molar-refractivity contribution is 0.405. The first kappa shape index (κ1) is 12.2. The lowest BCUT2D eigenvalue weighted by Gasteiger charge is -2.12. The van der Waals surface area contributed by atoms with E-state index in [4.69, 9.17) is 9.47 Å². The van der Waals surface area contributed by atoms with E-state index < -0.39 is 0 Å². The minimum Gasteiger partial charge on any atom is -0.497 e. The van der Waals surface area contributed by atoms with Gasteiger partial charge in [-0.25, -0.2) is 9.97 Å². The first-order valence-electron chi connectivity index (χ1n) is 5.95. The normalized spacial score (nSPS) is 10.5. The molecule has 102 valence electrons. The lowest BCUT2D eigenvalue weighted by atomic mass is 10.2. The summed E-state index contributed by atoms with van der Waals surface area (Å²) in [6.45, 7) is 0. The number of anilines is 2. The number of nitrogens with one attached hydrogen (secondary N) is 2. The number of ether oxygens (including phenoxy) is 2. The summed E-state index contributed by atoms with van der Waals surface area (Å²) in [5.74, 6) is 2.07. The molecule has 3 aromatic rings. The molecular formula is C13H13N5O2. The lowest BCUT2D eigenvalue weighted by Crippen LogP contribution is -1.98. The van der Waals surface area contributed by atoms with E-state index in [1.807, 2.05) is 18.2 Å². The van der Waals surface area contributed by atoms with E-state index in [0.717, 1.165) is 16.8 Å². The van der Waals surface area contributed by atoms with Crippen LogP contribution in [-0.2, 0) is 0 Å². The third-order valence-corrected chi connectivity index (χ3v) is 2.91. The van der Waals surface area contributed by atoms with Crippen molar-refractivity contribution in [2.75, 3.05) is 19.5 Å². The third-order valence-electron chi connectivity index (χ3n) is 2.91. The zero-order chi connectivity index (χ0) is 13.9. The number of H-pyrrole nitrogens is 1. The van der Waals surface area contributed by atoms with Gasteiger partial charge in [-0.2, -0.15) is 5.10 Å². The summed E-state index contributed by atoms with van der Waals surface area (Å²) < 4.78 is 10.5. The highest BCUT2D eigenvalue weighted by Gasteiger charge is 2.10. The molecule has 2 N–H and O–H groups in total. The van der Waals surface area contributed by atoms with Gasteiger partial charge in [-0.3, -0.25) is 5.10 Å². The summed E-state index contributed by atoms with van der Waals surface area (Å²) in [6, 6.07) is 5.50. The zero-order valence-electron chi connectivity index (χ0n) is 11.0. The highest BCUT2D eigenvalue weighted by atomic mass is 16.5. The van der Waals surface area contributed by atoms with Crippen molar-refractivity contribution in [3.05, 3.63) is 30.7 Å². The van der Waals surface area contributed by atoms with Crippen LogP contribution in [0.25, 0.3) is 11.0 Å². The molecule has 0 radical (unpaired) electrons. The molecule has 0 amide bonds. The highest BCUT2D eigenvalue weighted by Crippen LogP contribution is 2.32. The molecule has 0 saturated heterocycles. The van der Waals surface area contributed by atoms with Gasteiger partial charge in [0, 0.05) is 6.07 Å². The van der Waals surface area contributed by atoms with Gasteiger partial charge in [0.25, 0.3) is 0 Å². The maximum atomic E-state index is 5.33. The van der Waals surface area contributed by atoms with Crippen molar-refractivity contribution >= 4 is 22.5 Å². The molecule has 0 bridgehead atoms. The SMILES string of the molecule is COc1ccc(OC)c(Nc2ncnc3[nH]ncc23)c1. The minimum atomic E-state index is 0.648. The number of methoxy groups -OCH3 is 2. The summed E-state index contributed by atoms with van der Waals surface area (Å²) in [5.41, 5.74) is 1.43. The van der Waals surface area contributed by atoms with Crippen LogP contribution < -0.4 is 14.8 Å². The van der Waals surface area contributed by atoms with Crippen molar-refractivity contribution in [2.45, 2.75) is 0 Å². The van der Waals surface area contributed by atoms with Gasteiger partial charge < -0.3 is 14.8 Å². The van der Waals surface area contributed by atoms with E-state index in [9.17, 15) is 0 Å². The van der Waals surface area contributed by atoms with Gasteiger partial charge in [0.15, 0.2) is 5.65 Å². The van der Waals surface area contributed by atoms with Crippen molar-refractivity contribution in [2.24, 2.45) is 0 Å². The van der Waals surface area contributed by atoms with E-state index in [2.05, 4.69) is 25.5 Å². The molecule has 0 fully saturated rings. The molecule has 0 spiro atoms. The Bertz CT molecular complexity index is 740. The summed E-state index contributed by atoms with van der Waals surface area (Å²) in [4.78, 5) is 8.32. The third kappa shape index (κ3) is 2.09. The van der Waals surface area contributed by atoms with Crippen LogP contribution in [0.3, 0.4) is 0 Å². The van der Waals surface area contributed by atoms with Crippen molar-refractivity contribution in [3.8, 4) is 11.5 Å². The minimum absolute atomic E-state index is 0.648. The molecule has 3 rings (SSSR count). The molecule has 0 unspecified atom stereocenters. The van der Waals surface area contributed by atoms with E-state index >= 15 is 0 Å². The molecule has 1 aromatic carbocycles. The Balaban J connectivity index is 2.04. The van der Waals surface area contributed by atoms with Crippen LogP contribution in [0.15, 0.2) is 30.7 Å². The van der Waals surface area contributed by atoms with E-state index in [1.54, 1.807) is 20.4 Å². The van der Waals surface area contributed by atoms with Crippen molar-refractivity contribution in [1.29, 1.82) is 0 Å². The van der Waals surface area contributed by atoms with E-state index in [1.165, 1.54) is 6.33 Å². The van der Waals surface area contributed by atoms with Crippen LogP contribution in [0.5, 0.6) is 11.5 Å². The average molecular weight is 271 g/mol. The number of benzene rings is 1. The quantitative estimate of drug-likeness (QED) is 0.756. The van der Waals surface area contributed by atoms with Gasteiger partial charge in [0.05, 0.1) is 31.5 Å². The Labute approximate surface area is 115 Å². The molecular weight excluding hydrogens is 258 g/mol. The Morgan fingerprint density at radius 1 is 1.15 bits per heavy atom. The average Bonchev–Trinajstić information content (AvgIpc) is 2.96. The predicted octanol–water partition coefficient (Wildman–Crippen LogP) is 2.11. The van der Waals surface area contributed by atoms with Crippen molar-refractivity contribution in [3.63, 3.8) is 0 Å². The van der Waals surface area contributed by atoms with Gasteiger partial charge in [-0.05, 0) is 12.1 Å². The largest absolute Gasteiger partial charge is 0.497 e. The number of hydrogen-bond donors (Lipinski definition) is 2. The predicted molar refractivity (Wildman–Crippen MR) is 74.5 cm³/mol. The second kappa shape index (κ2) is 5.04. The Morgan fingerprint density at radius 3 is 2.85 bits per heavy atom. The Morgan fingerprint density at radius 2 is 2.05 bits per heavy atom. The van der Waals surface area contributed by atoms with Gasteiger partial charge in [0.1, 0.15) is 23.6 Å². The zero-order valence-corrected chi connectivity index (χ0v) is 11.0. The second-order valence-electron chi connectivity index (χ2n) is 4.05. The van der Waals surface area contributed by atoms with Crippen LogP contribution in [0, 0.1) is 0 Å². The second-order valence-corrected chi connectivity index (χ2v) is 4.05. The molecule has 0 aliphatic rings. The van der Waals surface area contributed by atoms with Gasteiger partial charge in [-0.15, -0.1) is 0 Å². The Hall–Kier alpha value is -2.83. The van der Waals surface area contributed by atoms with Gasteiger partial charge >= 0.3 is 0 Å². The van der Waals surface area contributed by atoms with E-state index in [-0.39, 0.29) is 0 Å². The van der Waals surface area contributed by atoms with Crippen LogP contribution in [0.1, 0.15) is 0 Å². The van der Waals surface area contributed by atoms with Crippen LogP contribution >= 0.6 is 0 Å². The first-order chi connectivity index (χ1) is 9.81. The highest BCUT2D eigenvalue weighted by molar-refractivity contribution is 5.88. The number of hydrogen-bond acceptors (Lipinski definition) is 6. The molecule has 20 heavy (non-hydrogen) atoms. The van der Waals surface area contributed by atoms with E-state index in [0.29, 0.717) is 17.2 Å². The molecule has 0 aliphatic carbocycles. The molecule has 0 saturated carbocycles. The molecule has 7 heteroatoms. The number of rotatable bonds is 4. The Kier molecular flexibility index (Phi) is 3.08. The monoisotopic (exact) mass is 271 g/mol. The molecule has 0 atom stereocenters. The van der Waals surface area contributed by atoms with Gasteiger partial charge in [-0.1, -0.05) is 0 Å². The smallest absolute Gasteiger partial charge is 0.160 e. The number of aromatic amines is 1. The molecule has 2 heterocycles. The first-order valence-corrected chi connectivity index (χ1v) is 5.95. The number of aromatic nitrogens is 4. The van der Waals surface area contributed by atoms with Crippen molar-refractivity contribution < 1.29 is 9.47 Å². The maximum Gasteiger partial charge on any atom is 0.160 e. The standard InChI is InChI=1S/C13H13N5O2/c1-19-8-3-4-11(20-2)10(5-8)17-12-9-6-16-18-13(9)15-7-14-12/h3-7H,1-2H3,(H2,14,15,16,17,18). The molecule has 2 aromatic heterocycles. The topological polar surface area (TPSA) is 85.0 Å². The number of nitrogens with zero attached hydrogens (tertiary/aromatic N) is 3. The van der Waals surface area contributed by atoms with Crippen molar-refractivity contribution in [1.82, 2.24) is 20.2 Å². The molecule has 7 nitrogen and oxygen atoms in total. The van der Waals surface area contributed by atoms with Gasteiger partial charge in [0.2, 0.25) is 0 Å². The number of fused-ring (bicyclic) bond motifs is 1. The summed E-state index contributed by atoms with van der Waals surface area (Å²) in [7, 11) is 3.23. The maximum absolute atomic E-state index is 5.33. The fraction of sp³-hybridized carbons (Fsp3) is 0.154. The van der Waals surface area contributed by atoms with Crippen LogP contribution in [0.4, 0.5) is 11.5 Å². The molecule has 0 aliphatic heterocycles. The summed E-state index contributed by atoms with van der Waals surface area (Å²) in [6.07, 6.45) is 3.14. The summed E-state index contributed by atoms with van der Waals surface area (Å²) in [5, 5.41) is 10.8. The summed E-state index contributed by atoms with van der Waals surface area (Å²) >= 11 is 0.